The summed E-state index contributed by atoms with van der Waals surface area (Å²) >= 11 is 0. The van der Waals surface area contributed by atoms with Crippen LogP contribution in [0.25, 0.3) is 0 Å². The van der Waals surface area contributed by atoms with E-state index in [1.165, 1.54) is 24.8 Å². The van der Waals surface area contributed by atoms with Crippen LogP contribution in [-0.4, -0.2) is 0 Å². The van der Waals surface area contributed by atoms with Crippen molar-refractivity contribution in [3.05, 3.63) is 34.4 Å². The first-order chi connectivity index (χ1) is 6.50. The number of aryl methyl sites for hydroxylation is 2. The van der Waals surface area contributed by atoms with Gasteiger partial charge in [0.05, 0.1) is 0 Å². The molecule has 14 heavy (non-hydrogen) atoms. The van der Waals surface area contributed by atoms with Gasteiger partial charge in [-0.2, -0.15) is 0 Å². The summed E-state index contributed by atoms with van der Waals surface area (Å²) in [6.45, 7) is 9.23. The zero-order valence-corrected chi connectivity index (χ0v) is 9.78. The first kappa shape index (κ1) is 9.76. The Morgan fingerprint density at radius 3 is 2.43 bits per heavy atom. The monoisotopic (exact) mass is 188 g/mol. The second-order valence-corrected chi connectivity index (χ2v) is 5.50. The molecule has 0 unspecified atom stereocenters. The first-order valence-electron chi connectivity index (χ1n) is 5.62. The average Bonchev–Trinajstić information content (AvgIpc) is 2.48. The fraction of sp³-hybridized carbons (Fsp3) is 0.571. The first-order valence-corrected chi connectivity index (χ1v) is 5.62. The molecule has 0 bridgehead atoms. The van der Waals surface area contributed by atoms with E-state index >= 15 is 0 Å². The molecule has 0 spiro atoms. The molecule has 0 atom stereocenters. The Hall–Kier alpha value is -0.780. The molecule has 0 nitrogen and oxygen atoms in total. The van der Waals surface area contributed by atoms with E-state index in [0.29, 0.717) is 5.41 Å². The van der Waals surface area contributed by atoms with Crippen LogP contribution in [0.5, 0.6) is 0 Å². The lowest BCUT2D eigenvalue weighted by Crippen LogP contribution is -2.16. The number of hydrogen-bond donors (Lipinski definition) is 0. The van der Waals surface area contributed by atoms with Crippen LogP contribution < -0.4 is 0 Å². The van der Waals surface area contributed by atoms with Gasteiger partial charge in [-0.3, -0.25) is 0 Å². The van der Waals surface area contributed by atoms with Crippen LogP contribution in [0.3, 0.4) is 0 Å². The van der Waals surface area contributed by atoms with Crippen molar-refractivity contribution in [3.63, 3.8) is 0 Å². The Balaban J connectivity index is 2.63. The van der Waals surface area contributed by atoms with Crippen molar-refractivity contribution in [2.24, 2.45) is 0 Å². The molecule has 0 N–H and O–H groups in total. The zero-order valence-electron chi connectivity index (χ0n) is 9.78. The molecule has 0 saturated carbocycles. The van der Waals surface area contributed by atoms with E-state index in [1.54, 1.807) is 16.7 Å². The van der Waals surface area contributed by atoms with Gasteiger partial charge < -0.3 is 0 Å². The maximum Gasteiger partial charge on any atom is -0.0126 e. The lowest BCUT2D eigenvalue weighted by molar-refractivity contribution is 0.579. The van der Waals surface area contributed by atoms with E-state index in [0.717, 1.165) is 0 Å². The highest BCUT2D eigenvalue weighted by Gasteiger charge is 2.24. The summed E-state index contributed by atoms with van der Waals surface area (Å²) in [7, 11) is 0. The van der Waals surface area contributed by atoms with Crippen LogP contribution in [0.15, 0.2) is 12.1 Å². The van der Waals surface area contributed by atoms with Crippen LogP contribution in [0, 0.1) is 6.92 Å². The minimum Gasteiger partial charge on any atom is -0.0587 e. The summed E-state index contributed by atoms with van der Waals surface area (Å²) in [6, 6.07) is 4.62. The molecule has 0 amide bonds. The standard InChI is InChI=1S/C14H20/c1-10-8-9-11-6-5-7-12(11)13(10)14(2,3)4/h8-9H,5-7H2,1-4H3. The van der Waals surface area contributed by atoms with Crippen molar-refractivity contribution in [3.8, 4) is 0 Å². The highest BCUT2D eigenvalue weighted by Crippen LogP contribution is 2.35. The highest BCUT2D eigenvalue weighted by molar-refractivity contribution is 5.46. The van der Waals surface area contributed by atoms with Crippen molar-refractivity contribution in [2.45, 2.75) is 52.4 Å². The van der Waals surface area contributed by atoms with E-state index in [1.807, 2.05) is 0 Å². The normalized spacial score (nSPS) is 15.7. The summed E-state index contributed by atoms with van der Waals surface area (Å²) in [5, 5.41) is 0. The molecular weight excluding hydrogens is 168 g/mol. The predicted octanol–water partition coefficient (Wildman–Crippen LogP) is 3.78. The molecule has 0 aromatic heterocycles. The van der Waals surface area contributed by atoms with Gasteiger partial charge in [0, 0.05) is 0 Å². The molecule has 0 heteroatoms. The maximum absolute atomic E-state index is 2.33. The topological polar surface area (TPSA) is 0 Å². The second kappa shape index (κ2) is 3.12. The van der Waals surface area contributed by atoms with Gasteiger partial charge in [0.25, 0.3) is 0 Å². The fourth-order valence-electron chi connectivity index (χ4n) is 2.83. The van der Waals surface area contributed by atoms with Gasteiger partial charge in [-0.25, -0.2) is 0 Å². The van der Waals surface area contributed by atoms with E-state index in [-0.39, 0.29) is 0 Å². The molecule has 1 aromatic carbocycles. The van der Waals surface area contributed by atoms with Gasteiger partial charge in [0.1, 0.15) is 0 Å². The quantitative estimate of drug-likeness (QED) is 0.581. The van der Waals surface area contributed by atoms with E-state index in [2.05, 4.69) is 39.8 Å². The molecule has 0 saturated heterocycles. The summed E-state index contributed by atoms with van der Waals surface area (Å²) in [6.07, 6.45) is 3.93. The minimum atomic E-state index is 0.305. The van der Waals surface area contributed by atoms with Crippen molar-refractivity contribution in [1.29, 1.82) is 0 Å². The SMILES string of the molecule is Cc1ccc2c(c1C(C)(C)C)CCC2. The Morgan fingerprint density at radius 1 is 1.07 bits per heavy atom. The number of hydrogen-bond acceptors (Lipinski definition) is 0. The maximum atomic E-state index is 2.33. The molecule has 0 radical (unpaired) electrons. The lowest BCUT2D eigenvalue weighted by atomic mass is 9.80. The van der Waals surface area contributed by atoms with E-state index in [4.69, 9.17) is 0 Å². The van der Waals surface area contributed by atoms with Gasteiger partial charge in [0.2, 0.25) is 0 Å². The fourth-order valence-corrected chi connectivity index (χ4v) is 2.83. The number of benzene rings is 1. The molecule has 1 aromatic rings. The predicted molar refractivity (Wildman–Crippen MR) is 61.9 cm³/mol. The summed E-state index contributed by atoms with van der Waals surface area (Å²) < 4.78 is 0. The Labute approximate surface area is 87.3 Å². The van der Waals surface area contributed by atoms with E-state index < -0.39 is 0 Å². The smallest absolute Gasteiger partial charge is 0.0126 e. The second-order valence-electron chi connectivity index (χ2n) is 5.50. The van der Waals surface area contributed by atoms with Crippen molar-refractivity contribution < 1.29 is 0 Å². The zero-order chi connectivity index (χ0) is 10.3. The Bertz CT molecular complexity index is 353. The molecule has 0 fully saturated rings. The van der Waals surface area contributed by atoms with Crippen molar-refractivity contribution in [1.82, 2.24) is 0 Å². The largest absolute Gasteiger partial charge is 0.0587 e. The number of rotatable bonds is 0. The van der Waals surface area contributed by atoms with Crippen LogP contribution in [0.1, 0.15) is 49.4 Å². The molecule has 1 aliphatic carbocycles. The Kier molecular flexibility index (Phi) is 2.17. The molecule has 1 aliphatic rings. The van der Waals surface area contributed by atoms with Crippen molar-refractivity contribution >= 4 is 0 Å². The van der Waals surface area contributed by atoms with Gasteiger partial charge in [0.15, 0.2) is 0 Å². The van der Waals surface area contributed by atoms with Crippen LogP contribution in [0.4, 0.5) is 0 Å². The highest BCUT2D eigenvalue weighted by atomic mass is 14.3. The third kappa shape index (κ3) is 1.47. The Morgan fingerprint density at radius 2 is 1.79 bits per heavy atom. The molecule has 76 valence electrons. The molecular formula is C14H20. The van der Waals surface area contributed by atoms with Gasteiger partial charge in [-0.05, 0) is 53.9 Å². The molecule has 2 rings (SSSR count). The van der Waals surface area contributed by atoms with Gasteiger partial charge in [-0.1, -0.05) is 32.9 Å². The number of fused-ring (bicyclic) bond motifs is 1. The van der Waals surface area contributed by atoms with Crippen LogP contribution >= 0.6 is 0 Å². The van der Waals surface area contributed by atoms with Crippen LogP contribution in [0.2, 0.25) is 0 Å². The van der Waals surface area contributed by atoms with Crippen molar-refractivity contribution in [2.75, 3.05) is 0 Å². The molecule has 0 aliphatic heterocycles. The van der Waals surface area contributed by atoms with E-state index in [9.17, 15) is 0 Å². The van der Waals surface area contributed by atoms with Gasteiger partial charge >= 0.3 is 0 Å². The lowest BCUT2D eigenvalue weighted by Gasteiger charge is -2.25. The van der Waals surface area contributed by atoms with Gasteiger partial charge in [-0.15, -0.1) is 0 Å². The van der Waals surface area contributed by atoms with Crippen LogP contribution in [-0.2, 0) is 18.3 Å². The average molecular weight is 188 g/mol. The summed E-state index contributed by atoms with van der Waals surface area (Å²) in [4.78, 5) is 0. The molecule has 0 heterocycles. The minimum absolute atomic E-state index is 0.305. The third-order valence-electron chi connectivity index (χ3n) is 3.24. The third-order valence-corrected chi connectivity index (χ3v) is 3.24. The summed E-state index contributed by atoms with van der Waals surface area (Å²) in [5.74, 6) is 0. The summed E-state index contributed by atoms with van der Waals surface area (Å²) in [5.41, 5.74) is 6.63.